The van der Waals surface area contributed by atoms with E-state index in [1.165, 1.54) is 0 Å². The van der Waals surface area contributed by atoms with Crippen molar-refractivity contribution < 1.29 is 33.8 Å². The highest BCUT2D eigenvalue weighted by Gasteiger charge is 2.51. The number of aromatic nitrogens is 1. The summed E-state index contributed by atoms with van der Waals surface area (Å²) in [5, 5.41) is 15.4. The molecule has 1 saturated carbocycles. The number of amides is 4. The molecule has 0 radical (unpaired) electrons. The summed E-state index contributed by atoms with van der Waals surface area (Å²) < 4.78 is 11.0. The van der Waals surface area contributed by atoms with E-state index in [1.54, 1.807) is 42.8 Å². The standard InChI is InChI=1S/C38H50N6O7/c1-8-14-43(16-17-45)32(46)25-18-24-9-10-27(21-30(24)41-31(20-25)42-34(48)50-36(2,3)4)38(12-13-38)33(47)40-28-19-26-23-44(15-11-29(26)39-22-28)35(49)51-37(5,6)7/h9-10,18-19,21-22,45H,8,11-17,20,23H2,1-7H3,(H,40,47)(H,41,42,48). The summed E-state index contributed by atoms with van der Waals surface area (Å²) in [7, 11) is 0. The zero-order chi connectivity index (χ0) is 37.1. The number of nitrogens with zero attached hydrogens (tertiary/aromatic N) is 4. The molecule has 0 spiro atoms. The lowest BCUT2D eigenvalue weighted by atomic mass is 9.92. The first kappa shape index (κ1) is 37.5. The van der Waals surface area contributed by atoms with E-state index in [0.29, 0.717) is 67.8 Å². The number of nitrogens with one attached hydrogen (secondary N) is 2. The molecule has 1 aromatic heterocycles. The lowest BCUT2D eigenvalue weighted by Crippen LogP contribution is -2.40. The maximum Gasteiger partial charge on any atom is 0.413 e. The van der Waals surface area contributed by atoms with E-state index in [9.17, 15) is 24.3 Å². The molecule has 3 aliphatic rings. The number of aliphatic imine (C=N–C) groups is 1. The van der Waals surface area contributed by atoms with Gasteiger partial charge in [0.05, 0.1) is 36.1 Å². The van der Waals surface area contributed by atoms with Crippen molar-refractivity contribution in [2.75, 3.05) is 31.6 Å². The SMILES string of the molecule is CCCN(CCO)C(=O)C1=Cc2ccc(C3(C(=O)Nc4cnc5c(c4)CN(C(=O)OC(C)(C)C)CC5)CC3)cc2N=C(NC(=O)OC(C)(C)C)C1. The molecule has 13 nitrogen and oxygen atoms in total. The average molecular weight is 703 g/mol. The number of carbonyl (C=O) groups excluding carboxylic acids is 4. The van der Waals surface area contributed by atoms with Crippen molar-refractivity contribution >= 4 is 47.3 Å². The number of carbonyl (C=O) groups is 4. The fraction of sp³-hybridized carbons (Fsp3) is 0.526. The van der Waals surface area contributed by atoms with Crippen LogP contribution in [0.4, 0.5) is 21.0 Å². The van der Waals surface area contributed by atoms with Gasteiger partial charge in [-0.05, 0) is 90.1 Å². The molecule has 4 amide bonds. The van der Waals surface area contributed by atoms with Crippen molar-refractivity contribution in [3.05, 3.63) is 58.4 Å². The summed E-state index contributed by atoms with van der Waals surface area (Å²) in [5.74, 6) is -0.207. The van der Waals surface area contributed by atoms with Crippen LogP contribution in [0.1, 0.15) is 96.5 Å². The topological polar surface area (TPSA) is 163 Å². The number of benzene rings is 1. The zero-order valence-electron chi connectivity index (χ0n) is 30.7. The van der Waals surface area contributed by atoms with Gasteiger partial charge in [0.2, 0.25) is 11.8 Å². The molecular formula is C38H50N6O7. The Balaban J connectivity index is 1.40. The van der Waals surface area contributed by atoms with Crippen molar-refractivity contribution in [3.8, 4) is 0 Å². The summed E-state index contributed by atoms with van der Waals surface area (Å²) in [6, 6.07) is 7.43. The fourth-order valence-corrected chi connectivity index (χ4v) is 6.20. The molecule has 5 rings (SSSR count). The maximum absolute atomic E-state index is 13.9. The second-order valence-electron chi connectivity index (χ2n) is 15.3. The summed E-state index contributed by atoms with van der Waals surface area (Å²) in [6.07, 6.45) is 4.92. The number of aliphatic hydroxyl groups excluding tert-OH is 1. The molecule has 13 heteroatoms. The van der Waals surface area contributed by atoms with E-state index in [-0.39, 0.29) is 43.3 Å². The van der Waals surface area contributed by atoms with Gasteiger partial charge in [-0.3, -0.25) is 19.9 Å². The number of alkyl carbamates (subject to hydrolysis) is 1. The summed E-state index contributed by atoms with van der Waals surface area (Å²) in [5.41, 5.74) is 2.46. The van der Waals surface area contributed by atoms with Gasteiger partial charge in [-0.15, -0.1) is 0 Å². The Hall–Kier alpha value is -4.78. The minimum absolute atomic E-state index is 0.0377. The van der Waals surface area contributed by atoms with Crippen LogP contribution >= 0.6 is 0 Å². The van der Waals surface area contributed by atoms with E-state index >= 15 is 0 Å². The lowest BCUT2D eigenvalue weighted by molar-refractivity contribution is -0.127. The third-order valence-corrected chi connectivity index (χ3v) is 8.73. The highest BCUT2D eigenvalue weighted by atomic mass is 16.6. The zero-order valence-corrected chi connectivity index (χ0v) is 30.7. The van der Waals surface area contributed by atoms with Crippen LogP contribution in [0.25, 0.3) is 6.08 Å². The Bertz CT molecular complexity index is 1740. The van der Waals surface area contributed by atoms with Gasteiger partial charge in [0, 0.05) is 49.3 Å². The van der Waals surface area contributed by atoms with E-state index in [2.05, 4.69) is 15.6 Å². The molecular weight excluding hydrogens is 652 g/mol. The minimum Gasteiger partial charge on any atom is -0.444 e. The Morgan fingerprint density at radius 1 is 1.00 bits per heavy atom. The van der Waals surface area contributed by atoms with E-state index in [1.807, 2.05) is 52.0 Å². The predicted molar refractivity (Wildman–Crippen MR) is 194 cm³/mol. The molecule has 274 valence electrons. The highest BCUT2D eigenvalue weighted by Crippen LogP contribution is 2.50. The number of ether oxygens (including phenoxy) is 2. The van der Waals surface area contributed by atoms with Crippen LogP contribution in [0.2, 0.25) is 0 Å². The monoisotopic (exact) mass is 702 g/mol. The molecule has 51 heavy (non-hydrogen) atoms. The first-order valence-electron chi connectivity index (χ1n) is 17.6. The minimum atomic E-state index is -0.796. The molecule has 3 N–H and O–H groups in total. The van der Waals surface area contributed by atoms with Crippen LogP contribution in [0, 0.1) is 0 Å². The van der Waals surface area contributed by atoms with E-state index in [0.717, 1.165) is 16.8 Å². The van der Waals surface area contributed by atoms with Crippen LogP contribution in [0.5, 0.6) is 0 Å². The second-order valence-corrected chi connectivity index (χ2v) is 15.3. The number of fused-ring (bicyclic) bond motifs is 2. The fourth-order valence-electron chi connectivity index (χ4n) is 6.20. The van der Waals surface area contributed by atoms with Crippen molar-refractivity contribution in [1.29, 1.82) is 0 Å². The van der Waals surface area contributed by atoms with Crippen molar-refractivity contribution in [3.63, 3.8) is 0 Å². The molecule has 1 fully saturated rings. The normalized spacial score (nSPS) is 16.4. The quantitative estimate of drug-likeness (QED) is 0.319. The second kappa shape index (κ2) is 14.8. The van der Waals surface area contributed by atoms with Crippen LogP contribution in [0.15, 0.2) is 41.0 Å². The Morgan fingerprint density at radius 3 is 2.37 bits per heavy atom. The number of hydrogen-bond donors (Lipinski definition) is 3. The summed E-state index contributed by atoms with van der Waals surface area (Å²) in [6.45, 7) is 14.0. The number of anilines is 1. The van der Waals surface area contributed by atoms with Crippen LogP contribution in [-0.4, -0.2) is 87.2 Å². The first-order chi connectivity index (χ1) is 24.0. The van der Waals surface area contributed by atoms with Gasteiger partial charge in [-0.1, -0.05) is 19.1 Å². The highest BCUT2D eigenvalue weighted by molar-refractivity contribution is 6.09. The average Bonchev–Trinajstić information content (AvgIpc) is 3.86. The molecule has 0 atom stereocenters. The number of aliphatic hydroxyl groups is 1. The number of hydrogen-bond acceptors (Lipinski definition) is 9. The van der Waals surface area contributed by atoms with Gasteiger partial charge in [0.25, 0.3) is 0 Å². The Morgan fingerprint density at radius 2 is 1.73 bits per heavy atom. The molecule has 1 aromatic carbocycles. The van der Waals surface area contributed by atoms with Gasteiger partial charge < -0.3 is 29.7 Å². The third-order valence-electron chi connectivity index (χ3n) is 8.73. The Kier molecular flexibility index (Phi) is 10.9. The number of rotatable bonds is 8. The van der Waals surface area contributed by atoms with Crippen molar-refractivity contribution in [1.82, 2.24) is 20.1 Å². The first-order valence-corrected chi connectivity index (χ1v) is 17.6. The molecule has 2 aliphatic heterocycles. The van der Waals surface area contributed by atoms with Gasteiger partial charge >= 0.3 is 12.2 Å². The third kappa shape index (κ3) is 9.32. The lowest BCUT2D eigenvalue weighted by Gasteiger charge is -2.31. The Labute approximate surface area is 299 Å². The summed E-state index contributed by atoms with van der Waals surface area (Å²) >= 11 is 0. The van der Waals surface area contributed by atoms with E-state index in [4.69, 9.17) is 14.5 Å². The number of amidine groups is 1. The molecule has 0 bridgehead atoms. The van der Waals surface area contributed by atoms with Gasteiger partial charge in [-0.2, -0.15) is 0 Å². The van der Waals surface area contributed by atoms with Crippen molar-refractivity contribution in [2.45, 2.75) is 104 Å². The van der Waals surface area contributed by atoms with Gasteiger partial charge in [0.15, 0.2) is 0 Å². The van der Waals surface area contributed by atoms with Crippen LogP contribution in [0.3, 0.4) is 0 Å². The molecule has 1 aliphatic carbocycles. The molecule has 0 saturated heterocycles. The largest absolute Gasteiger partial charge is 0.444 e. The summed E-state index contributed by atoms with van der Waals surface area (Å²) in [4.78, 5) is 65.7. The molecule has 3 heterocycles. The van der Waals surface area contributed by atoms with Crippen LogP contribution < -0.4 is 10.6 Å². The maximum atomic E-state index is 13.9. The van der Waals surface area contributed by atoms with Crippen LogP contribution in [-0.2, 0) is 37.4 Å². The predicted octanol–water partition coefficient (Wildman–Crippen LogP) is 5.62. The smallest absolute Gasteiger partial charge is 0.413 e. The van der Waals surface area contributed by atoms with Crippen molar-refractivity contribution in [2.24, 2.45) is 4.99 Å². The molecule has 0 unspecified atom stereocenters. The van der Waals surface area contributed by atoms with E-state index < -0.39 is 22.7 Å². The molecule has 2 aromatic rings. The van der Waals surface area contributed by atoms with Gasteiger partial charge in [-0.25, -0.2) is 14.6 Å². The van der Waals surface area contributed by atoms with Gasteiger partial charge in [0.1, 0.15) is 17.0 Å². The number of pyridine rings is 1.